The number of ether oxygens (including phenoxy) is 1. The summed E-state index contributed by atoms with van der Waals surface area (Å²) >= 11 is 0. The van der Waals surface area contributed by atoms with Crippen LogP contribution in [0.2, 0.25) is 0 Å². The zero-order chi connectivity index (χ0) is 14.5. The topological polar surface area (TPSA) is 58.6 Å². The molecule has 1 N–H and O–H groups in total. The van der Waals surface area contributed by atoms with Crippen molar-refractivity contribution in [2.75, 3.05) is 25.1 Å². The first-order chi connectivity index (χ1) is 9.67. The molecule has 0 bridgehead atoms. The molecule has 1 saturated heterocycles. The van der Waals surface area contributed by atoms with E-state index in [1.54, 1.807) is 24.2 Å². The number of amides is 2. The lowest BCUT2D eigenvalue weighted by molar-refractivity contribution is -0.126. The normalized spacial score (nSPS) is 17.9. The number of anilines is 1. The van der Waals surface area contributed by atoms with E-state index in [2.05, 4.69) is 11.9 Å². The van der Waals surface area contributed by atoms with Crippen LogP contribution in [-0.2, 0) is 9.59 Å². The molecule has 0 aliphatic carbocycles. The third kappa shape index (κ3) is 2.82. The SMILES string of the molecule is C=CCNC(=O)[C@H]1CC(=O)N(c2ccccc2OC)C1. The molecule has 5 nitrogen and oxygen atoms in total. The van der Waals surface area contributed by atoms with Crippen LogP contribution >= 0.6 is 0 Å². The van der Waals surface area contributed by atoms with Crippen molar-refractivity contribution in [1.82, 2.24) is 5.32 Å². The number of para-hydroxylation sites is 2. The van der Waals surface area contributed by atoms with Gasteiger partial charge >= 0.3 is 0 Å². The molecule has 0 spiro atoms. The lowest BCUT2D eigenvalue weighted by Gasteiger charge is -2.19. The van der Waals surface area contributed by atoms with Crippen LogP contribution in [0.1, 0.15) is 6.42 Å². The van der Waals surface area contributed by atoms with Crippen LogP contribution in [0.4, 0.5) is 5.69 Å². The molecule has 106 valence electrons. The Hall–Kier alpha value is -2.30. The molecule has 1 aliphatic heterocycles. The van der Waals surface area contributed by atoms with Crippen molar-refractivity contribution in [3.8, 4) is 5.75 Å². The van der Waals surface area contributed by atoms with E-state index in [1.807, 2.05) is 18.2 Å². The summed E-state index contributed by atoms with van der Waals surface area (Å²) in [7, 11) is 1.56. The average molecular weight is 274 g/mol. The quantitative estimate of drug-likeness (QED) is 0.825. The molecule has 5 heteroatoms. The van der Waals surface area contributed by atoms with E-state index in [9.17, 15) is 9.59 Å². The van der Waals surface area contributed by atoms with Crippen LogP contribution in [0, 0.1) is 5.92 Å². The molecule has 1 aromatic rings. The molecular weight excluding hydrogens is 256 g/mol. The van der Waals surface area contributed by atoms with Crippen LogP contribution in [0.15, 0.2) is 36.9 Å². The predicted octanol–water partition coefficient (Wildman–Crippen LogP) is 1.35. The smallest absolute Gasteiger partial charge is 0.227 e. The Morgan fingerprint density at radius 1 is 1.55 bits per heavy atom. The van der Waals surface area contributed by atoms with Gasteiger partial charge in [0.15, 0.2) is 0 Å². The second-order valence-electron chi connectivity index (χ2n) is 4.61. The van der Waals surface area contributed by atoms with Gasteiger partial charge in [-0.3, -0.25) is 9.59 Å². The van der Waals surface area contributed by atoms with E-state index in [0.29, 0.717) is 24.5 Å². The van der Waals surface area contributed by atoms with Crippen LogP contribution in [0.25, 0.3) is 0 Å². The number of hydrogen-bond acceptors (Lipinski definition) is 3. The minimum Gasteiger partial charge on any atom is -0.495 e. The van der Waals surface area contributed by atoms with E-state index in [0.717, 1.165) is 0 Å². The van der Waals surface area contributed by atoms with E-state index in [1.165, 1.54) is 0 Å². The second-order valence-corrected chi connectivity index (χ2v) is 4.61. The largest absolute Gasteiger partial charge is 0.495 e. The van der Waals surface area contributed by atoms with Crippen molar-refractivity contribution >= 4 is 17.5 Å². The Morgan fingerprint density at radius 3 is 3.00 bits per heavy atom. The molecule has 1 aromatic carbocycles. The van der Waals surface area contributed by atoms with Gasteiger partial charge in [0, 0.05) is 19.5 Å². The molecule has 2 rings (SSSR count). The molecule has 0 saturated carbocycles. The van der Waals surface area contributed by atoms with Crippen LogP contribution in [-0.4, -0.2) is 32.0 Å². The molecule has 0 aromatic heterocycles. The van der Waals surface area contributed by atoms with E-state index >= 15 is 0 Å². The van der Waals surface area contributed by atoms with Crippen molar-refractivity contribution in [3.05, 3.63) is 36.9 Å². The summed E-state index contributed by atoms with van der Waals surface area (Å²) in [4.78, 5) is 25.6. The molecule has 1 heterocycles. The summed E-state index contributed by atoms with van der Waals surface area (Å²) in [6.07, 6.45) is 1.84. The summed E-state index contributed by atoms with van der Waals surface area (Å²) in [5.41, 5.74) is 0.707. The van der Waals surface area contributed by atoms with Crippen LogP contribution < -0.4 is 15.0 Å². The highest BCUT2D eigenvalue weighted by Crippen LogP contribution is 2.32. The maximum absolute atomic E-state index is 12.1. The maximum atomic E-state index is 12.1. The van der Waals surface area contributed by atoms with E-state index in [4.69, 9.17) is 4.74 Å². The fraction of sp³-hybridized carbons (Fsp3) is 0.333. The lowest BCUT2D eigenvalue weighted by Crippen LogP contribution is -2.33. The summed E-state index contributed by atoms with van der Waals surface area (Å²) in [6, 6.07) is 7.31. The van der Waals surface area contributed by atoms with E-state index in [-0.39, 0.29) is 24.2 Å². The van der Waals surface area contributed by atoms with Gasteiger partial charge in [-0.15, -0.1) is 6.58 Å². The minimum atomic E-state index is -0.327. The molecule has 2 amide bonds. The van der Waals surface area contributed by atoms with Gasteiger partial charge in [0.2, 0.25) is 11.8 Å². The van der Waals surface area contributed by atoms with Gasteiger partial charge in [-0.1, -0.05) is 18.2 Å². The third-order valence-corrected chi connectivity index (χ3v) is 3.29. The standard InChI is InChI=1S/C15H18N2O3/c1-3-8-16-15(19)11-9-14(18)17(10-11)12-6-4-5-7-13(12)20-2/h3-7,11H,1,8-10H2,2H3,(H,16,19)/t11-/m0/s1. The van der Waals surface area contributed by atoms with Crippen molar-refractivity contribution in [2.24, 2.45) is 5.92 Å². The number of methoxy groups -OCH3 is 1. The number of nitrogens with zero attached hydrogens (tertiary/aromatic N) is 1. The number of rotatable bonds is 5. The van der Waals surface area contributed by atoms with Gasteiger partial charge in [0.25, 0.3) is 0 Å². The molecular formula is C15H18N2O3. The van der Waals surface area contributed by atoms with Gasteiger partial charge in [-0.2, -0.15) is 0 Å². The fourth-order valence-corrected chi connectivity index (χ4v) is 2.29. The molecule has 1 fully saturated rings. The number of carbonyl (C=O) groups excluding carboxylic acids is 2. The third-order valence-electron chi connectivity index (χ3n) is 3.29. The first-order valence-electron chi connectivity index (χ1n) is 6.49. The summed E-state index contributed by atoms with van der Waals surface area (Å²) in [6.45, 7) is 4.34. The average Bonchev–Trinajstić information content (AvgIpc) is 2.86. The van der Waals surface area contributed by atoms with Gasteiger partial charge < -0.3 is 15.0 Å². The van der Waals surface area contributed by atoms with Crippen molar-refractivity contribution in [2.45, 2.75) is 6.42 Å². The Kier molecular flexibility index (Phi) is 4.40. The Bertz CT molecular complexity index is 528. The summed E-state index contributed by atoms with van der Waals surface area (Å²) < 4.78 is 5.26. The van der Waals surface area contributed by atoms with Gasteiger partial charge in [-0.25, -0.2) is 0 Å². The molecule has 1 aliphatic rings. The molecule has 20 heavy (non-hydrogen) atoms. The zero-order valence-corrected chi connectivity index (χ0v) is 11.5. The second kappa shape index (κ2) is 6.23. The van der Waals surface area contributed by atoms with Gasteiger partial charge in [-0.05, 0) is 12.1 Å². The highest BCUT2D eigenvalue weighted by atomic mass is 16.5. The van der Waals surface area contributed by atoms with Crippen LogP contribution in [0.5, 0.6) is 5.75 Å². The molecule has 0 unspecified atom stereocenters. The molecule has 0 radical (unpaired) electrons. The number of benzene rings is 1. The van der Waals surface area contributed by atoms with Crippen LogP contribution in [0.3, 0.4) is 0 Å². The summed E-state index contributed by atoms with van der Waals surface area (Å²) in [5.74, 6) is 0.129. The first-order valence-corrected chi connectivity index (χ1v) is 6.49. The van der Waals surface area contributed by atoms with Crippen molar-refractivity contribution < 1.29 is 14.3 Å². The van der Waals surface area contributed by atoms with Crippen molar-refractivity contribution in [1.29, 1.82) is 0 Å². The summed E-state index contributed by atoms with van der Waals surface area (Å²) in [5, 5.41) is 2.73. The van der Waals surface area contributed by atoms with Gasteiger partial charge in [0.05, 0.1) is 18.7 Å². The van der Waals surface area contributed by atoms with E-state index < -0.39 is 0 Å². The Morgan fingerprint density at radius 2 is 2.30 bits per heavy atom. The first kappa shape index (κ1) is 14.1. The monoisotopic (exact) mass is 274 g/mol. The maximum Gasteiger partial charge on any atom is 0.227 e. The lowest BCUT2D eigenvalue weighted by atomic mass is 10.1. The predicted molar refractivity (Wildman–Crippen MR) is 76.7 cm³/mol. The zero-order valence-electron chi connectivity index (χ0n) is 11.5. The van der Waals surface area contributed by atoms with Crippen molar-refractivity contribution in [3.63, 3.8) is 0 Å². The number of nitrogens with one attached hydrogen (secondary N) is 1. The Balaban J connectivity index is 2.13. The fourth-order valence-electron chi connectivity index (χ4n) is 2.29. The highest BCUT2D eigenvalue weighted by Gasteiger charge is 2.35. The minimum absolute atomic E-state index is 0.0618. The highest BCUT2D eigenvalue weighted by molar-refractivity contribution is 6.01. The number of hydrogen-bond donors (Lipinski definition) is 1. The Labute approximate surface area is 118 Å². The van der Waals surface area contributed by atoms with Gasteiger partial charge in [0.1, 0.15) is 5.75 Å². The number of carbonyl (C=O) groups is 2. The molecule has 1 atom stereocenters.